The van der Waals surface area contributed by atoms with E-state index in [0.717, 1.165) is 5.69 Å². The number of nitro benzene ring substituents is 1. The lowest BCUT2D eigenvalue weighted by Crippen LogP contribution is -1.95. The van der Waals surface area contributed by atoms with Gasteiger partial charge in [0.05, 0.1) is 10.6 Å². The smallest absolute Gasteiger partial charge is 0.272 e. The summed E-state index contributed by atoms with van der Waals surface area (Å²) in [5, 5.41) is 24.5. The highest BCUT2D eigenvalue weighted by Crippen LogP contribution is 2.24. The lowest BCUT2D eigenvalue weighted by Gasteiger charge is -2.01. The van der Waals surface area contributed by atoms with Crippen LogP contribution in [-0.2, 0) is 0 Å². The second kappa shape index (κ2) is 5.28. The number of benzene rings is 2. The average Bonchev–Trinajstić information content (AvgIpc) is 2.97. The molecule has 0 aliphatic carbocycles. The van der Waals surface area contributed by atoms with Crippen LogP contribution in [0.15, 0.2) is 48.8 Å². The summed E-state index contributed by atoms with van der Waals surface area (Å²) < 4.78 is 1.57. The van der Waals surface area contributed by atoms with Crippen molar-refractivity contribution >= 4 is 5.69 Å². The fourth-order valence-corrected chi connectivity index (χ4v) is 2.12. The normalized spacial score (nSPS) is 10.6. The number of hydrogen-bond acceptors (Lipinski definition) is 5. The third-order valence-electron chi connectivity index (χ3n) is 3.26. The topological polar surface area (TPSA) is 94.1 Å². The van der Waals surface area contributed by atoms with Gasteiger partial charge in [-0.1, -0.05) is 0 Å². The summed E-state index contributed by atoms with van der Waals surface area (Å²) in [7, 11) is 0. The Hall–Kier alpha value is -3.22. The Morgan fingerprint density at radius 3 is 2.55 bits per heavy atom. The predicted molar refractivity (Wildman–Crippen MR) is 79.9 cm³/mol. The third-order valence-corrected chi connectivity index (χ3v) is 3.26. The maximum absolute atomic E-state index is 10.8. The van der Waals surface area contributed by atoms with Gasteiger partial charge in [0.25, 0.3) is 5.69 Å². The van der Waals surface area contributed by atoms with Crippen LogP contribution in [0.3, 0.4) is 0 Å². The largest absolute Gasteiger partial charge is 0.508 e. The summed E-state index contributed by atoms with van der Waals surface area (Å²) in [6, 6.07) is 11.3. The second-order valence-electron chi connectivity index (χ2n) is 4.79. The van der Waals surface area contributed by atoms with E-state index in [1.165, 1.54) is 6.07 Å². The molecule has 0 saturated carbocycles. The molecule has 0 amide bonds. The molecule has 0 fully saturated rings. The molecule has 7 nitrogen and oxygen atoms in total. The fraction of sp³-hybridized carbons (Fsp3) is 0.0667. The molecule has 0 unspecified atom stereocenters. The number of phenolic OH excluding ortho intramolecular Hbond substituents is 1. The van der Waals surface area contributed by atoms with Crippen LogP contribution in [0.1, 0.15) is 5.56 Å². The van der Waals surface area contributed by atoms with Crippen LogP contribution in [-0.4, -0.2) is 24.8 Å². The Bertz CT molecular complexity index is 840. The Labute approximate surface area is 125 Å². The Morgan fingerprint density at radius 1 is 1.18 bits per heavy atom. The van der Waals surface area contributed by atoms with Gasteiger partial charge >= 0.3 is 0 Å². The molecule has 1 N–H and O–H groups in total. The summed E-state index contributed by atoms with van der Waals surface area (Å²) in [5.41, 5.74) is 2.10. The molecule has 7 heteroatoms. The molecule has 110 valence electrons. The molecule has 0 spiro atoms. The van der Waals surface area contributed by atoms with Crippen molar-refractivity contribution in [2.45, 2.75) is 6.92 Å². The lowest BCUT2D eigenvalue weighted by molar-refractivity contribution is -0.385. The highest BCUT2D eigenvalue weighted by molar-refractivity contribution is 5.60. The van der Waals surface area contributed by atoms with Crippen molar-refractivity contribution in [1.29, 1.82) is 0 Å². The molecule has 0 atom stereocenters. The fourth-order valence-electron chi connectivity index (χ4n) is 2.12. The van der Waals surface area contributed by atoms with Gasteiger partial charge in [-0.2, -0.15) is 0 Å². The van der Waals surface area contributed by atoms with Crippen molar-refractivity contribution in [1.82, 2.24) is 14.8 Å². The number of aryl methyl sites for hydroxylation is 1. The summed E-state index contributed by atoms with van der Waals surface area (Å²) in [5.74, 6) is 0.654. The maximum Gasteiger partial charge on any atom is 0.272 e. The SMILES string of the molecule is Cc1cc(-c2ncn(-c3ccc(O)cc3)n2)ccc1[N+](=O)[O-]. The van der Waals surface area contributed by atoms with Crippen molar-refractivity contribution in [3.8, 4) is 22.8 Å². The van der Waals surface area contributed by atoms with Crippen LogP contribution < -0.4 is 0 Å². The van der Waals surface area contributed by atoms with Crippen LogP contribution >= 0.6 is 0 Å². The minimum Gasteiger partial charge on any atom is -0.508 e. The van der Waals surface area contributed by atoms with Crippen molar-refractivity contribution in [2.24, 2.45) is 0 Å². The zero-order chi connectivity index (χ0) is 15.7. The number of hydrogen-bond donors (Lipinski definition) is 1. The molecule has 0 saturated heterocycles. The number of aromatic hydroxyl groups is 1. The summed E-state index contributed by atoms with van der Waals surface area (Å²) in [6.07, 6.45) is 1.55. The number of phenols is 1. The van der Waals surface area contributed by atoms with Crippen molar-refractivity contribution in [3.63, 3.8) is 0 Å². The van der Waals surface area contributed by atoms with Crippen molar-refractivity contribution in [3.05, 3.63) is 64.5 Å². The molecular formula is C15H12N4O3. The van der Waals surface area contributed by atoms with Gasteiger partial charge in [0.1, 0.15) is 12.1 Å². The van der Waals surface area contributed by atoms with Crippen molar-refractivity contribution < 1.29 is 10.0 Å². The summed E-state index contributed by atoms with van der Waals surface area (Å²) >= 11 is 0. The van der Waals surface area contributed by atoms with E-state index < -0.39 is 4.92 Å². The monoisotopic (exact) mass is 296 g/mol. The van der Waals surface area contributed by atoms with E-state index in [1.54, 1.807) is 54.3 Å². The first kappa shape index (κ1) is 13.7. The van der Waals surface area contributed by atoms with E-state index in [9.17, 15) is 15.2 Å². The molecule has 1 heterocycles. The van der Waals surface area contributed by atoms with E-state index in [4.69, 9.17) is 0 Å². The first-order valence-electron chi connectivity index (χ1n) is 6.51. The molecule has 0 bridgehead atoms. The minimum absolute atomic E-state index is 0.0710. The maximum atomic E-state index is 10.8. The minimum atomic E-state index is -0.415. The van der Waals surface area contributed by atoms with Gasteiger partial charge < -0.3 is 5.11 Å². The first-order valence-corrected chi connectivity index (χ1v) is 6.51. The number of nitro groups is 1. The standard InChI is InChI=1S/C15H12N4O3/c1-10-8-11(2-7-14(10)19(21)22)15-16-9-18(17-15)12-3-5-13(20)6-4-12/h2-9,20H,1H3. The predicted octanol–water partition coefficient (Wildman–Crippen LogP) is 2.86. The first-order chi connectivity index (χ1) is 10.5. The van der Waals surface area contributed by atoms with Gasteiger partial charge in [0.2, 0.25) is 0 Å². The molecule has 3 aromatic rings. The van der Waals surface area contributed by atoms with E-state index in [-0.39, 0.29) is 11.4 Å². The number of rotatable bonds is 3. The lowest BCUT2D eigenvalue weighted by atomic mass is 10.1. The van der Waals surface area contributed by atoms with Crippen LogP contribution in [0.2, 0.25) is 0 Å². The van der Waals surface area contributed by atoms with Crippen molar-refractivity contribution in [2.75, 3.05) is 0 Å². The van der Waals surface area contributed by atoms with E-state index in [1.807, 2.05) is 0 Å². The van der Waals surface area contributed by atoms with Gasteiger partial charge in [0.15, 0.2) is 5.82 Å². The Kier molecular flexibility index (Phi) is 3.30. The van der Waals surface area contributed by atoms with E-state index in [0.29, 0.717) is 17.0 Å². The van der Waals surface area contributed by atoms with Gasteiger partial charge in [0, 0.05) is 17.2 Å². The molecule has 0 radical (unpaired) electrons. The van der Waals surface area contributed by atoms with Crippen LogP contribution in [0.5, 0.6) is 5.75 Å². The molecular weight excluding hydrogens is 284 g/mol. The third kappa shape index (κ3) is 2.51. The van der Waals surface area contributed by atoms with Crippen LogP contribution in [0, 0.1) is 17.0 Å². The second-order valence-corrected chi connectivity index (χ2v) is 4.79. The molecule has 2 aromatic carbocycles. The van der Waals surface area contributed by atoms with E-state index >= 15 is 0 Å². The highest BCUT2D eigenvalue weighted by atomic mass is 16.6. The number of aromatic nitrogens is 3. The Balaban J connectivity index is 1.95. The molecule has 22 heavy (non-hydrogen) atoms. The Morgan fingerprint density at radius 2 is 1.91 bits per heavy atom. The summed E-state index contributed by atoms with van der Waals surface area (Å²) in [6.45, 7) is 1.68. The molecule has 3 rings (SSSR count). The van der Waals surface area contributed by atoms with Crippen LogP contribution in [0.4, 0.5) is 5.69 Å². The molecule has 1 aromatic heterocycles. The van der Waals surface area contributed by atoms with Gasteiger partial charge in [-0.25, -0.2) is 9.67 Å². The highest BCUT2D eigenvalue weighted by Gasteiger charge is 2.13. The zero-order valence-corrected chi connectivity index (χ0v) is 11.7. The number of nitrogens with zero attached hydrogens (tertiary/aromatic N) is 4. The zero-order valence-electron chi connectivity index (χ0n) is 11.7. The average molecular weight is 296 g/mol. The van der Waals surface area contributed by atoms with Gasteiger partial charge in [-0.15, -0.1) is 5.10 Å². The van der Waals surface area contributed by atoms with Crippen LogP contribution in [0.25, 0.3) is 17.1 Å². The molecule has 0 aliphatic rings. The molecule has 0 aliphatic heterocycles. The quantitative estimate of drug-likeness (QED) is 0.592. The van der Waals surface area contributed by atoms with Gasteiger partial charge in [-0.3, -0.25) is 10.1 Å². The summed E-state index contributed by atoms with van der Waals surface area (Å²) in [4.78, 5) is 14.6. The van der Waals surface area contributed by atoms with E-state index in [2.05, 4.69) is 10.1 Å². The van der Waals surface area contributed by atoms with Gasteiger partial charge in [-0.05, 0) is 43.3 Å².